The summed E-state index contributed by atoms with van der Waals surface area (Å²) in [6, 6.07) is 21.6. The van der Waals surface area contributed by atoms with E-state index in [-0.39, 0.29) is 5.91 Å². The van der Waals surface area contributed by atoms with Crippen molar-refractivity contribution in [1.29, 1.82) is 0 Å². The molecular formula is C20H17N5O. The Morgan fingerprint density at radius 2 is 1.85 bits per heavy atom. The second-order valence-corrected chi connectivity index (χ2v) is 6.07. The van der Waals surface area contributed by atoms with Crippen LogP contribution in [-0.2, 0) is 18.3 Å². The van der Waals surface area contributed by atoms with Gasteiger partial charge in [0.15, 0.2) is 5.82 Å². The van der Waals surface area contributed by atoms with E-state index in [1.807, 2.05) is 54.6 Å². The van der Waals surface area contributed by atoms with Crippen molar-refractivity contribution in [3.05, 3.63) is 72.3 Å². The van der Waals surface area contributed by atoms with Gasteiger partial charge in [-0.15, -0.1) is 5.10 Å². The normalized spacial score (nSPS) is 10.8. The van der Waals surface area contributed by atoms with Crippen LogP contribution in [0.1, 0.15) is 5.56 Å². The molecule has 0 aliphatic rings. The van der Waals surface area contributed by atoms with E-state index in [4.69, 9.17) is 0 Å². The minimum Gasteiger partial charge on any atom is -0.326 e. The van der Waals surface area contributed by atoms with Crippen LogP contribution < -0.4 is 5.32 Å². The van der Waals surface area contributed by atoms with Gasteiger partial charge in [0.05, 0.1) is 6.42 Å². The van der Waals surface area contributed by atoms with Crippen LogP contribution in [0, 0.1) is 0 Å². The smallest absolute Gasteiger partial charge is 0.228 e. The highest BCUT2D eigenvalue weighted by Crippen LogP contribution is 2.21. The third kappa shape index (κ3) is 3.17. The number of nitrogens with one attached hydrogen (secondary N) is 1. The third-order valence-corrected chi connectivity index (χ3v) is 4.26. The van der Waals surface area contributed by atoms with Crippen LogP contribution in [-0.4, -0.2) is 26.1 Å². The fourth-order valence-electron chi connectivity index (χ4n) is 3.03. The Morgan fingerprint density at radius 1 is 1.04 bits per heavy atom. The molecule has 4 rings (SSSR count). The molecular weight excluding hydrogens is 326 g/mol. The van der Waals surface area contributed by atoms with Crippen molar-refractivity contribution in [3.8, 4) is 11.4 Å². The Balaban J connectivity index is 1.54. The number of aromatic nitrogens is 4. The van der Waals surface area contributed by atoms with Crippen LogP contribution in [0.4, 0.5) is 5.69 Å². The Kier molecular flexibility index (Phi) is 4.15. The Hall–Kier alpha value is -3.54. The molecule has 0 aliphatic carbocycles. The SMILES string of the molecule is Cn1nnnc1-c1cccc(NC(=O)Cc2cccc3ccccc23)c1. The van der Waals surface area contributed by atoms with Gasteiger partial charge in [-0.05, 0) is 38.9 Å². The van der Waals surface area contributed by atoms with Crippen molar-refractivity contribution in [2.24, 2.45) is 7.05 Å². The summed E-state index contributed by atoms with van der Waals surface area (Å²) in [5.41, 5.74) is 2.57. The van der Waals surface area contributed by atoms with Gasteiger partial charge in [0.25, 0.3) is 0 Å². The van der Waals surface area contributed by atoms with E-state index in [0.29, 0.717) is 12.2 Å². The van der Waals surface area contributed by atoms with E-state index in [9.17, 15) is 4.79 Å². The van der Waals surface area contributed by atoms with Crippen LogP contribution in [0.2, 0.25) is 0 Å². The summed E-state index contributed by atoms with van der Waals surface area (Å²) in [6.45, 7) is 0. The first kappa shape index (κ1) is 16.0. The summed E-state index contributed by atoms with van der Waals surface area (Å²) >= 11 is 0. The zero-order valence-electron chi connectivity index (χ0n) is 14.3. The van der Waals surface area contributed by atoms with Crippen LogP contribution in [0.5, 0.6) is 0 Å². The first-order valence-corrected chi connectivity index (χ1v) is 8.30. The molecule has 0 fully saturated rings. The quantitative estimate of drug-likeness (QED) is 0.617. The van der Waals surface area contributed by atoms with E-state index in [1.165, 1.54) is 0 Å². The topological polar surface area (TPSA) is 72.7 Å². The maximum atomic E-state index is 12.5. The Labute approximate surface area is 150 Å². The number of benzene rings is 3. The average Bonchev–Trinajstić information content (AvgIpc) is 3.08. The third-order valence-electron chi connectivity index (χ3n) is 4.26. The molecule has 0 saturated heterocycles. The van der Waals surface area contributed by atoms with E-state index >= 15 is 0 Å². The summed E-state index contributed by atoms with van der Waals surface area (Å²) in [4.78, 5) is 12.5. The molecule has 0 atom stereocenters. The lowest BCUT2D eigenvalue weighted by Gasteiger charge is -2.09. The first-order chi connectivity index (χ1) is 12.7. The van der Waals surface area contributed by atoms with Crippen LogP contribution in [0.15, 0.2) is 66.7 Å². The molecule has 0 saturated carbocycles. The predicted molar refractivity (Wildman–Crippen MR) is 101 cm³/mol. The van der Waals surface area contributed by atoms with Gasteiger partial charge in [-0.2, -0.15) is 0 Å². The number of anilines is 1. The number of hydrogen-bond donors (Lipinski definition) is 1. The average molecular weight is 343 g/mol. The number of amides is 1. The van der Waals surface area contributed by atoms with E-state index in [2.05, 4.69) is 33.0 Å². The highest BCUT2D eigenvalue weighted by Gasteiger charge is 2.10. The van der Waals surface area contributed by atoms with Crippen molar-refractivity contribution in [1.82, 2.24) is 20.2 Å². The minimum atomic E-state index is -0.0606. The van der Waals surface area contributed by atoms with E-state index < -0.39 is 0 Å². The van der Waals surface area contributed by atoms with Crippen molar-refractivity contribution >= 4 is 22.4 Å². The monoisotopic (exact) mass is 343 g/mol. The van der Waals surface area contributed by atoms with Crippen LogP contribution >= 0.6 is 0 Å². The molecule has 0 bridgehead atoms. The van der Waals surface area contributed by atoms with Crippen molar-refractivity contribution in [3.63, 3.8) is 0 Å². The van der Waals surface area contributed by atoms with Gasteiger partial charge in [-0.25, -0.2) is 4.68 Å². The lowest BCUT2D eigenvalue weighted by atomic mass is 10.0. The highest BCUT2D eigenvalue weighted by molar-refractivity contribution is 5.96. The number of fused-ring (bicyclic) bond motifs is 1. The fourth-order valence-corrected chi connectivity index (χ4v) is 3.03. The summed E-state index contributed by atoms with van der Waals surface area (Å²) < 4.78 is 1.59. The maximum Gasteiger partial charge on any atom is 0.228 e. The van der Waals surface area contributed by atoms with Crippen molar-refractivity contribution < 1.29 is 4.79 Å². The molecule has 0 spiro atoms. The molecule has 26 heavy (non-hydrogen) atoms. The lowest BCUT2D eigenvalue weighted by molar-refractivity contribution is -0.115. The zero-order valence-corrected chi connectivity index (χ0v) is 14.3. The number of tetrazole rings is 1. The number of nitrogens with zero attached hydrogens (tertiary/aromatic N) is 4. The molecule has 0 aliphatic heterocycles. The zero-order chi connectivity index (χ0) is 17.9. The van der Waals surface area contributed by atoms with Gasteiger partial charge >= 0.3 is 0 Å². The summed E-state index contributed by atoms with van der Waals surface area (Å²) in [7, 11) is 1.78. The van der Waals surface area contributed by atoms with Gasteiger partial charge < -0.3 is 5.32 Å². The van der Waals surface area contributed by atoms with Gasteiger partial charge in [0.2, 0.25) is 5.91 Å². The first-order valence-electron chi connectivity index (χ1n) is 8.30. The molecule has 0 radical (unpaired) electrons. The van der Waals surface area contributed by atoms with Crippen LogP contribution in [0.25, 0.3) is 22.2 Å². The fraction of sp³-hybridized carbons (Fsp3) is 0.100. The predicted octanol–water partition coefficient (Wildman–Crippen LogP) is 3.21. The number of hydrogen-bond acceptors (Lipinski definition) is 4. The maximum absolute atomic E-state index is 12.5. The second kappa shape index (κ2) is 6.76. The Morgan fingerprint density at radius 3 is 2.69 bits per heavy atom. The standard InChI is InChI=1S/C20H17N5O/c1-25-20(22-23-24-25)16-9-5-10-17(12-16)21-19(26)13-15-8-4-7-14-6-2-3-11-18(14)15/h2-12H,13H2,1H3,(H,21,26). The molecule has 1 amide bonds. The van der Waals surface area contributed by atoms with E-state index in [1.54, 1.807) is 11.7 Å². The molecule has 1 heterocycles. The Bertz CT molecular complexity index is 1080. The number of carbonyl (C=O) groups excluding carboxylic acids is 1. The second-order valence-electron chi connectivity index (χ2n) is 6.07. The summed E-state index contributed by atoms with van der Waals surface area (Å²) in [5.74, 6) is 0.588. The molecule has 128 valence electrons. The number of carbonyl (C=O) groups is 1. The summed E-state index contributed by atoms with van der Waals surface area (Å²) in [5, 5.41) is 16.7. The van der Waals surface area contributed by atoms with Crippen molar-refractivity contribution in [2.75, 3.05) is 5.32 Å². The lowest BCUT2D eigenvalue weighted by Crippen LogP contribution is -2.14. The van der Waals surface area contributed by atoms with Gasteiger partial charge in [-0.3, -0.25) is 4.79 Å². The molecule has 6 nitrogen and oxygen atoms in total. The van der Waals surface area contributed by atoms with Crippen LogP contribution in [0.3, 0.4) is 0 Å². The van der Waals surface area contributed by atoms with Gasteiger partial charge in [-0.1, -0.05) is 54.6 Å². The molecule has 6 heteroatoms. The van der Waals surface area contributed by atoms with E-state index in [0.717, 1.165) is 27.6 Å². The molecule has 4 aromatic rings. The van der Waals surface area contributed by atoms with Crippen molar-refractivity contribution in [2.45, 2.75) is 6.42 Å². The highest BCUT2D eigenvalue weighted by atomic mass is 16.1. The largest absolute Gasteiger partial charge is 0.326 e. The molecule has 3 aromatic carbocycles. The summed E-state index contributed by atoms with van der Waals surface area (Å²) in [6.07, 6.45) is 0.317. The molecule has 0 unspecified atom stereocenters. The minimum absolute atomic E-state index is 0.0606. The van der Waals surface area contributed by atoms with Gasteiger partial charge in [0, 0.05) is 18.3 Å². The molecule has 1 aromatic heterocycles. The number of aryl methyl sites for hydroxylation is 1. The molecule has 1 N–H and O–H groups in total. The number of rotatable bonds is 4. The van der Waals surface area contributed by atoms with Gasteiger partial charge in [0.1, 0.15) is 0 Å².